The summed E-state index contributed by atoms with van der Waals surface area (Å²) in [6, 6.07) is 13.5. The first-order valence-corrected chi connectivity index (χ1v) is 8.97. The Morgan fingerprint density at radius 1 is 1.11 bits per heavy atom. The van der Waals surface area contributed by atoms with Crippen molar-refractivity contribution in [3.05, 3.63) is 71.4 Å². The number of hydrogen-bond acceptors (Lipinski definition) is 3. The van der Waals surface area contributed by atoms with E-state index in [1.807, 2.05) is 30.5 Å². The summed E-state index contributed by atoms with van der Waals surface area (Å²) >= 11 is 0. The fourth-order valence-corrected chi connectivity index (χ4v) is 3.56. The second kappa shape index (κ2) is 7.19. The number of rotatable bonds is 5. The molecule has 1 fully saturated rings. The minimum Gasteiger partial charge on any atom is -0.478 e. The number of aromatic amines is 1. The summed E-state index contributed by atoms with van der Waals surface area (Å²) in [6.45, 7) is 0.218. The molecule has 1 unspecified atom stereocenters. The lowest BCUT2D eigenvalue weighted by Gasteiger charge is -2.35. The molecule has 3 aromatic rings. The van der Waals surface area contributed by atoms with Gasteiger partial charge in [-0.2, -0.15) is 0 Å². The third-order valence-electron chi connectivity index (χ3n) is 5.06. The zero-order chi connectivity index (χ0) is 19.7. The summed E-state index contributed by atoms with van der Waals surface area (Å²) in [5.41, 5.74) is 2.91. The van der Waals surface area contributed by atoms with Crippen molar-refractivity contribution in [1.82, 2.24) is 15.2 Å². The normalized spacial score (nSPS) is 17.0. The Labute approximate surface area is 161 Å². The van der Waals surface area contributed by atoms with E-state index in [1.54, 1.807) is 17.0 Å². The second-order valence-corrected chi connectivity index (χ2v) is 6.82. The van der Waals surface area contributed by atoms with Crippen LogP contribution in [0.15, 0.2) is 54.7 Å². The van der Waals surface area contributed by atoms with Crippen LogP contribution in [-0.2, 0) is 22.6 Å². The van der Waals surface area contributed by atoms with Crippen LogP contribution in [0.1, 0.15) is 21.5 Å². The number of carbonyl (C=O) groups excluding carboxylic acids is 2. The van der Waals surface area contributed by atoms with Gasteiger partial charge in [0.1, 0.15) is 6.04 Å². The molecule has 28 heavy (non-hydrogen) atoms. The van der Waals surface area contributed by atoms with E-state index in [9.17, 15) is 14.4 Å². The second-order valence-electron chi connectivity index (χ2n) is 6.82. The number of nitrogens with one attached hydrogen (secondary N) is 2. The van der Waals surface area contributed by atoms with Crippen LogP contribution in [-0.4, -0.2) is 45.4 Å². The minimum atomic E-state index is -1.00. The van der Waals surface area contributed by atoms with Gasteiger partial charge in [0, 0.05) is 30.1 Å². The van der Waals surface area contributed by atoms with Crippen molar-refractivity contribution in [2.24, 2.45) is 0 Å². The number of H-pyrrole nitrogens is 1. The molecule has 3 N–H and O–H groups in total. The molecule has 1 atom stereocenters. The van der Waals surface area contributed by atoms with E-state index in [0.717, 1.165) is 22.0 Å². The number of carboxylic acid groups (broad SMARTS) is 1. The van der Waals surface area contributed by atoms with Gasteiger partial charge < -0.3 is 20.3 Å². The van der Waals surface area contributed by atoms with E-state index in [2.05, 4.69) is 10.3 Å². The topological polar surface area (TPSA) is 102 Å². The third-order valence-corrected chi connectivity index (χ3v) is 5.06. The molecule has 7 nitrogen and oxygen atoms in total. The molecular weight excluding hydrogens is 358 g/mol. The quantitative estimate of drug-likeness (QED) is 0.632. The molecule has 2 heterocycles. The highest BCUT2D eigenvalue weighted by Crippen LogP contribution is 2.23. The zero-order valence-electron chi connectivity index (χ0n) is 15.0. The number of fused-ring (bicyclic) bond motifs is 1. The van der Waals surface area contributed by atoms with Gasteiger partial charge in [0.15, 0.2) is 0 Å². The molecule has 2 amide bonds. The lowest BCUT2D eigenvalue weighted by atomic mass is 10.0. The third kappa shape index (κ3) is 3.34. The summed E-state index contributed by atoms with van der Waals surface area (Å²) in [7, 11) is 0. The fourth-order valence-electron chi connectivity index (χ4n) is 3.56. The SMILES string of the molecule is O=C(O)c1ccc(CN2C(=O)CNC(=O)C2Cc2c[nH]c3ccccc23)cc1. The molecular formula is C21H19N3O4. The Bertz CT molecular complexity index is 1050. The van der Waals surface area contributed by atoms with E-state index in [1.165, 1.54) is 12.1 Å². The number of para-hydroxylation sites is 1. The zero-order valence-corrected chi connectivity index (χ0v) is 15.0. The molecule has 142 valence electrons. The highest BCUT2D eigenvalue weighted by atomic mass is 16.4. The first-order chi connectivity index (χ1) is 13.5. The highest BCUT2D eigenvalue weighted by molar-refractivity contribution is 5.95. The molecule has 0 radical (unpaired) electrons. The fraction of sp³-hybridized carbons (Fsp3) is 0.190. The van der Waals surface area contributed by atoms with Gasteiger partial charge in [-0.05, 0) is 29.3 Å². The maximum absolute atomic E-state index is 12.6. The minimum absolute atomic E-state index is 0.0313. The van der Waals surface area contributed by atoms with Crippen molar-refractivity contribution in [3.8, 4) is 0 Å². The molecule has 2 aromatic carbocycles. The summed E-state index contributed by atoms with van der Waals surface area (Å²) in [5.74, 6) is -1.35. The van der Waals surface area contributed by atoms with Crippen LogP contribution in [0.3, 0.4) is 0 Å². The van der Waals surface area contributed by atoms with Gasteiger partial charge in [-0.3, -0.25) is 9.59 Å². The Morgan fingerprint density at radius 2 is 1.86 bits per heavy atom. The van der Waals surface area contributed by atoms with Crippen molar-refractivity contribution >= 4 is 28.7 Å². The number of carboxylic acids is 1. The van der Waals surface area contributed by atoms with Gasteiger partial charge in [0.2, 0.25) is 11.8 Å². The Morgan fingerprint density at radius 3 is 2.61 bits per heavy atom. The van der Waals surface area contributed by atoms with Gasteiger partial charge in [0.05, 0.1) is 12.1 Å². The molecule has 1 aromatic heterocycles. The molecule has 1 saturated heterocycles. The first-order valence-electron chi connectivity index (χ1n) is 8.97. The number of piperazine rings is 1. The predicted octanol–water partition coefficient (Wildman–Crippen LogP) is 1.94. The lowest BCUT2D eigenvalue weighted by molar-refractivity contribution is -0.146. The van der Waals surface area contributed by atoms with Crippen LogP contribution in [0.4, 0.5) is 0 Å². The number of nitrogens with zero attached hydrogens (tertiary/aromatic N) is 1. The van der Waals surface area contributed by atoms with Crippen molar-refractivity contribution < 1.29 is 19.5 Å². The van der Waals surface area contributed by atoms with Gasteiger partial charge in [-0.15, -0.1) is 0 Å². The summed E-state index contributed by atoms with van der Waals surface area (Å²) in [6.07, 6.45) is 2.27. The van der Waals surface area contributed by atoms with E-state index in [0.29, 0.717) is 6.42 Å². The molecule has 0 bridgehead atoms. The van der Waals surface area contributed by atoms with Crippen molar-refractivity contribution in [2.75, 3.05) is 6.54 Å². The molecule has 0 saturated carbocycles. The summed E-state index contributed by atoms with van der Waals surface area (Å²) < 4.78 is 0. The molecule has 7 heteroatoms. The Hall–Kier alpha value is -3.61. The standard InChI is InChI=1S/C21H19N3O4/c25-19-11-23-20(26)18(9-15-10-22-17-4-2-1-3-16(15)17)24(19)12-13-5-7-14(8-6-13)21(27)28/h1-8,10,18,22H,9,11-12H2,(H,23,26)(H,27,28). The van der Waals surface area contributed by atoms with Crippen LogP contribution in [0.25, 0.3) is 10.9 Å². The van der Waals surface area contributed by atoms with E-state index < -0.39 is 12.0 Å². The van der Waals surface area contributed by atoms with Gasteiger partial charge in [-0.1, -0.05) is 30.3 Å². The van der Waals surface area contributed by atoms with Crippen molar-refractivity contribution in [1.29, 1.82) is 0 Å². The number of amides is 2. The number of hydrogen-bond donors (Lipinski definition) is 3. The smallest absolute Gasteiger partial charge is 0.335 e. The highest BCUT2D eigenvalue weighted by Gasteiger charge is 2.34. The monoisotopic (exact) mass is 377 g/mol. The van der Waals surface area contributed by atoms with Crippen molar-refractivity contribution in [3.63, 3.8) is 0 Å². The number of aromatic nitrogens is 1. The van der Waals surface area contributed by atoms with Crippen molar-refractivity contribution in [2.45, 2.75) is 19.0 Å². The van der Waals surface area contributed by atoms with Gasteiger partial charge in [0.25, 0.3) is 0 Å². The molecule has 4 rings (SSSR count). The Balaban J connectivity index is 1.60. The van der Waals surface area contributed by atoms with Crippen LogP contribution < -0.4 is 5.32 Å². The average Bonchev–Trinajstić information content (AvgIpc) is 3.11. The first kappa shape index (κ1) is 17.8. The molecule has 1 aliphatic heterocycles. The van der Waals surface area contributed by atoms with Gasteiger partial charge in [-0.25, -0.2) is 4.79 Å². The van der Waals surface area contributed by atoms with Crippen LogP contribution in [0.5, 0.6) is 0 Å². The lowest BCUT2D eigenvalue weighted by Crippen LogP contribution is -2.58. The summed E-state index contributed by atoms with van der Waals surface area (Å²) in [5, 5.41) is 12.7. The Kier molecular flexibility index (Phi) is 4.57. The molecule has 1 aliphatic rings. The number of benzene rings is 2. The summed E-state index contributed by atoms with van der Waals surface area (Å²) in [4.78, 5) is 40.9. The van der Waals surface area contributed by atoms with Crippen LogP contribution >= 0.6 is 0 Å². The van der Waals surface area contributed by atoms with Crippen LogP contribution in [0.2, 0.25) is 0 Å². The van der Waals surface area contributed by atoms with E-state index >= 15 is 0 Å². The molecule has 0 spiro atoms. The number of aromatic carboxylic acids is 1. The van der Waals surface area contributed by atoms with E-state index in [4.69, 9.17) is 5.11 Å². The average molecular weight is 377 g/mol. The maximum atomic E-state index is 12.6. The maximum Gasteiger partial charge on any atom is 0.335 e. The van der Waals surface area contributed by atoms with Gasteiger partial charge >= 0.3 is 5.97 Å². The van der Waals surface area contributed by atoms with E-state index in [-0.39, 0.29) is 30.5 Å². The van der Waals surface area contributed by atoms with Crippen LogP contribution in [0, 0.1) is 0 Å². The largest absolute Gasteiger partial charge is 0.478 e. The predicted molar refractivity (Wildman–Crippen MR) is 103 cm³/mol. The number of carbonyl (C=O) groups is 3. The molecule has 0 aliphatic carbocycles.